The van der Waals surface area contributed by atoms with Crippen LogP contribution in [0, 0.1) is 13.8 Å². The van der Waals surface area contributed by atoms with Crippen LogP contribution in [0.2, 0.25) is 5.02 Å². The van der Waals surface area contributed by atoms with Gasteiger partial charge in [-0.25, -0.2) is 8.42 Å². The zero-order valence-electron chi connectivity index (χ0n) is 11.9. The summed E-state index contributed by atoms with van der Waals surface area (Å²) in [6.45, 7) is 7.61. The lowest BCUT2D eigenvalue weighted by molar-refractivity contribution is 0.516. The van der Waals surface area contributed by atoms with Crippen molar-refractivity contribution in [2.75, 3.05) is 4.72 Å². The summed E-state index contributed by atoms with van der Waals surface area (Å²) in [6.07, 6.45) is 0. The highest BCUT2D eigenvalue weighted by Gasteiger charge is 2.23. The number of hydrogen-bond acceptors (Lipinski definition) is 4. The molecule has 0 radical (unpaired) electrons. The molecule has 1 N–H and O–H groups in total. The van der Waals surface area contributed by atoms with Crippen LogP contribution in [0.4, 0.5) is 5.69 Å². The van der Waals surface area contributed by atoms with E-state index in [-0.39, 0.29) is 10.3 Å². The molecule has 2 rings (SSSR count). The Balaban J connectivity index is 2.42. The van der Waals surface area contributed by atoms with Crippen LogP contribution in [0.15, 0.2) is 14.1 Å². The van der Waals surface area contributed by atoms with E-state index >= 15 is 0 Å². The third-order valence-electron chi connectivity index (χ3n) is 2.94. The van der Waals surface area contributed by atoms with Crippen LogP contribution in [-0.4, -0.2) is 18.2 Å². The monoisotopic (exact) mass is 411 g/mol. The van der Waals surface area contributed by atoms with Gasteiger partial charge in [-0.2, -0.15) is 5.10 Å². The van der Waals surface area contributed by atoms with Crippen molar-refractivity contribution in [1.29, 1.82) is 0 Å². The summed E-state index contributed by atoms with van der Waals surface area (Å²) in [5, 5.41) is 4.75. The molecule has 2 aromatic rings. The van der Waals surface area contributed by atoms with Crippen molar-refractivity contribution in [3.05, 3.63) is 26.3 Å². The third kappa shape index (κ3) is 3.28. The summed E-state index contributed by atoms with van der Waals surface area (Å²) < 4.78 is 30.0. The minimum Gasteiger partial charge on any atom is -0.275 e. The fourth-order valence-electron chi connectivity index (χ4n) is 1.96. The standard InChI is InChI=1S/C12H15BrClN3O2S2/c1-6(2)17-8(4)11(7(3)15-17)16-21(18,19)10-5-9(14)12(13)20-10/h5-6,16H,1-4H3. The first-order valence-corrected chi connectivity index (χ1v) is 9.64. The van der Waals surface area contributed by atoms with Gasteiger partial charge >= 0.3 is 0 Å². The molecule has 0 saturated carbocycles. The van der Waals surface area contributed by atoms with E-state index < -0.39 is 10.0 Å². The van der Waals surface area contributed by atoms with E-state index in [0.717, 1.165) is 17.0 Å². The summed E-state index contributed by atoms with van der Waals surface area (Å²) in [6, 6.07) is 1.59. The van der Waals surface area contributed by atoms with E-state index in [0.29, 0.717) is 20.2 Å². The Morgan fingerprint density at radius 1 is 1.43 bits per heavy atom. The molecule has 21 heavy (non-hydrogen) atoms. The Bertz CT molecular complexity index is 761. The highest BCUT2D eigenvalue weighted by molar-refractivity contribution is 9.11. The Hall–Kier alpha value is -0.570. The van der Waals surface area contributed by atoms with E-state index in [1.807, 2.05) is 20.8 Å². The highest BCUT2D eigenvalue weighted by Crippen LogP contribution is 2.36. The van der Waals surface area contributed by atoms with Crippen LogP contribution in [-0.2, 0) is 10.0 Å². The summed E-state index contributed by atoms with van der Waals surface area (Å²) in [4.78, 5) is 0. The average molecular weight is 413 g/mol. The summed E-state index contributed by atoms with van der Waals surface area (Å²) in [5.74, 6) is 0. The Morgan fingerprint density at radius 3 is 2.48 bits per heavy atom. The molecule has 0 bridgehead atoms. The molecule has 0 unspecified atom stereocenters. The molecule has 9 heteroatoms. The molecule has 0 atom stereocenters. The van der Waals surface area contributed by atoms with Crippen molar-refractivity contribution in [3.63, 3.8) is 0 Å². The van der Waals surface area contributed by atoms with E-state index in [4.69, 9.17) is 11.6 Å². The Morgan fingerprint density at radius 2 is 2.05 bits per heavy atom. The SMILES string of the molecule is Cc1nn(C(C)C)c(C)c1NS(=O)(=O)c1cc(Cl)c(Br)s1. The van der Waals surface area contributed by atoms with Gasteiger partial charge in [0.1, 0.15) is 4.21 Å². The topological polar surface area (TPSA) is 64.0 Å². The van der Waals surface area contributed by atoms with Gasteiger partial charge in [-0.1, -0.05) is 11.6 Å². The van der Waals surface area contributed by atoms with E-state index in [2.05, 4.69) is 25.8 Å². The normalized spacial score (nSPS) is 12.1. The first-order chi connectivity index (χ1) is 9.63. The molecule has 5 nitrogen and oxygen atoms in total. The molecule has 0 spiro atoms. The van der Waals surface area contributed by atoms with Gasteiger partial charge in [0.25, 0.3) is 10.0 Å². The number of halogens is 2. The molecule has 116 valence electrons. The number of aryl methyl sites for hydroxylation is 1. The van der Waals surface area contributed by atoms with E-state index in [1.54, 1.807) is 11.6 Å². The number of rotatable bonds is 4. The zero-order valence-corrected chi connectivity index (χ0v) is 15.9. The smallest absolute Gasteiger partial charge is 0.271 e. The maximum Gasteiger partial charge on any atom is 0.271 e. The largest absolute Gasteiger partial charge is 0.275 e. The van der Waals surface area contributed by atoms with Gasteiger partial charge in [0.05, 0.1) is 25.9 Å². The molecule has 0 aliphatic heterocycles. The fourth-order valence-corrected chi connectivity index (χ4v) is 5.53. The zero-order chi connectivity index (χ0) is 15.9. The lowest BCUT2D eigenvalue weighted by Crippen LogP contribution is -2.13. The number of sulfonamides is 1. The van der Waals surface area contributed by atoms with Crippen LogP contribution >= 0.6 is 38.9 Å². The van der Waals surface area contributed by atoms with Crippen LogP contribution in [0.1, 0.15) is 31.3 Å². The van der Waals surface area contributed by atoms with Crippen LogP contribution in [0.25, 0.3) is 0 Å². The Kier molecular flexibility index (Phi) is 4.72. The van der Waals surface area contributed by atoms with Crippen molar-refractivity contribution in [2.45, 2.75) is 37.9 Å². The first kappa shape index (κ1) is 16.8. The van der Waals surface area contributed by atoms with Gasteiger partial charge in [-0.15, -0.1) is 11.3 Å². The molecule has 0 aromatic carbocycles. The molecule has 0 aliphatic carbocycles. The molecule has 0 fully saturated rings. The Labute approximate surface area is 141 Å². The molecule has 2 aromatic heterocycles. The minimum absolute atomic E-state index is 0.160. The summed E-state index contributed by atoms with van der Waals surface area (Å²) in [7, 11) is -3.67. The van der Waals surface area contributed by atoms with Crippen molar-refractivity contribution in [2.24, 2.45) is 0 Å². The second-order valence-electron chi connectivity index (χ2n) is 4.88. The molecule has 0 saturated heterocycles. The quantitative estimate of drug-likeness (QED) is 0.811. The van der Waals surface area contributed by atoms with Crippen LogP contribution in [0.3, 0.4) is 0 Å². The molecule has 2 heterocycles. The van der Waals surface area contributed by atoms with Gasteiger partial charge < -0.3 is 0 Å². The number of aromatic nitrogens is 2. The van der Waals surface area contributed by atoms with Crippen LogP contribution < -0.4 is 4.72 Å². The predicted molar refractivity (Wildman–Crippen MR) is 89.9 cm³/mol. The summed E-state index contributed by atoms with van der Waals surface area (Å²) >= 11 is 10.2. The van der Waals surface area contributed by atoms with Crippen molar-refractivity contribution in [1.82, 2.24) is 9.78 Å². The predicted octanol–water partition coefficient (Wildman–Crippen LogP) is 4.36. The van der Waals surface area contributed by atoms with Crippen molar-refractivity contribution < 1.29 is 8.42 Å². The van der Waals surface area contributed by atoms with Crippen molar-refractivity contribution in [3.8, 4) is 0 Å². The lowest BCUT2D eigenvalue weighted by Gasteiger charge is -2.09. The van der Waals surface area contributed by atoms with Gasteiger partial charge in [-0.05, 0) is 49.7 Å². The number of thiophene rings is 1. The molecular formula is C12H15BrClN3O2S2. The molecular weight excluding hydrogens is 398 g/mol. The van der Waals surface area contributed by atoms with Gasteiger partial charge in [0.2, 0.25) is 0 Å². The number of hydrogen-bond donors (Lipinski definition) is 1. The van der Waals surface area contributed by atoms with E-state index in [9.17, 15) is 8.42 Å². The van der Waals surface area contributed by atoms with Gasteiger partial charge in [0.15, 0.2) is 0 Å². The van der Waals surface area contributed by atoms with Crippen molar-refractivity contribution >= 4 is 54.6 Å². The number of anilines is 1. The molecule has 0 aliphatic rings. The third-order valence-corrected chi connectivity index (χ3v) is 7.24. The maximum absolute atomic E-state index is 12.4. The second-order valence-corrected chi connectivity index (χ2v) is 9.56. The number of nitrogens with one attached hydrogen (secondary N) is 1. The van der Waals surface area contributed by atoms with E-state index in [1.165, 1.54) is 6.07 Å². The first-order valence-electron chi connectivity index (χ1n) is 6.17. The number of nitrogens with zero attached hydrogens (tertiary/aromatic N) is 2. The lowest BCUT2D eigenvalue weighted by atomic mass is 10.3. The second kappa shape index (κ2) is 5.91. The van der Waals surface area contributed by atoms with Gasteiger partial charge in [0, 0.05) is 6.04 Å². The van der Waals surface area contributed by atoms with Gasteiger partial charge in [-0.3, -0.25) is 9.40 Å². The fraction of sp³-hybridized carbons (Fsp3) is 0.417. The maximum atomic E-state index is 12.4. The minimum atomic E-state index is -3.67. The average Bonchev–Trinajstić information content (AvgIpc) is 2.85. The molecule has 0 amide bonds. The van der Waals surface area contributed by atoms with Crippen LogP contribution in [0.5, 0.6) is 0 Å². The highest BCUT2D eigenvalue weighted by atomic mass is 79.9. The summed E-state index contributed by atoms with van der Waals surface area (Å²) in [5.41, 5.74) is 1.95.